The van der Waals surface area contributed by atoms with Gasteiger partial charge in [0.05, 0.1) is 12.4 Å². The molecule has 0 radical (unpaired) electrons. The Kier molecular flexibility index (Phi) is 6.04. The first-order valence-electron chi connectivity index (χ1n) is 8.77. The minimum atomic E-state index is -0.269. The highest BCUT2D eigenvalue weighted by Gasteiger charge is 2.09. The van der Waals surface area contributed by atoms with Gasteiger partial charge in [-0.3, -0.25) is 4.79 Å². The van der Waals surface area contributed by atoms with E-state index in [0.717, 1.165) is 23.2 Å². The molecule has 1 amide bonds. The lowest BCUT2D eigenvalue weighted by Gasteiger charge is -2.13. The SMILES string of the molecule is CCc1cccc(C)c1Nc1cnc(C(=O)NCc2ccc(Cl)cc2)cn1. The average Bonchev–Trinajstić information content (AvgIpc) is 2.69. The van der Waals surface area contributed by atoms with Gasteiger partial charge in [0.2, 0.25) is 0 Å². The third-order valence-electron chi connectivity index (χ3n) is 4.24. The molecule has 5 nitrogen and oxygen atoms in total. The van der Waals surface area contributed by atoms with Gasteiger partial charge in [0, 0.05) is 17.3 Å². The molecule has 0 spiro atoms. The molecular formula is C21H21ClN4O. The van der Waals surface area contributed by atoms with Crippen LogP contribution in [0.2, 0.25) is 5.02 Å². The molecule has 0 aliphatic carbocycles. The second-order valence-corrected chi connectivity index (χ2v) is 6.62. The third kappa shape index (κ3) is 4.83. The Morgan fingerprint density at radius 1 is 1.07 bits per heavy atom. The van der Waals surface area contributed by atoms with Crippen molar-refractivity contribution in [1.82, 2.24) is 15.3 Å². The Labute approximate surface area is 163 Å². The zero-order valence-electron chi connectivity index (χ0n) is 15.3. The predicted octanol–water partition coefficient (Wildman–Crippen LogP) is 4.67. The summed E-state index contributed by atoms with van der Waals surface area (Å²) in [5.41, 5.74) is 4.62. The summed E-state index contributed by atoms with van der Waals surface area (Å²) in [7, 11) is 0. The van der Waals surface area contributed by atoms with Crippen molar-refractivity contribution in [2.24, 2.45) is 0 Å². The lowest BCUT2D eigenvalue weighted by atomic mass is 10.1. The van der Waals surface area contributed by atoms with Crippen LogP contribution >= 0.6 is 11.6 Å². The molecule has 0 aliphatic rings. The zero-order chi connectivity index (χ0) is 19.2. The average molecular weight is 381 g/mol. The number of hydrogen-bond donors (Lipinski definition) is 2. The standard InChI is InChI=1S/C21H21ClN4O/c1-3-16-6-4-5-14(2)20(16)26-19-13-23-18(12-24-19)21(27)25-11-15-7-9-17(22)10-8-15/h4-10,12-13H,3,11H2,1-2H3,(H,24,26)(H,25,27). The smallest absolute Gasteiger partial charge is 0.271 e. The van der Waals surface area contributed by atoms with Crippen molar-refractivity contribution >= 4 is 29.0 Å². The fourth-order valence-corrected chi connectivity index (χ4v) is 2.84. The van der Waals surface area contributed by atoms with Crippen molar-refractivity contribution in [3.05, 3.63) is 82.3 Å². The van der Waals surface area contributed by atoms with E-state index < -0.39 is 0 Å². The van der Waals surface area contributed by atoms with Crippen molar-refractivity contribution < 1.29 is 4.79 Å². The molecule has 0 saturated carbocycles. The monoisotopic (exact) mass is 380 g/mol. The van der Waals surface area contributed by atoms with Crippen molar-refractivity contribution in [2.75, 3.05) is 5.32 Å². The van der Waals surface area contributed by atoms with Crippen LogP contribution in [0.5, 0.6) is 0 Å². The summed E-state index contributed by atoms with van der Waals surface area (Å²) in [6.45, 7) is 4.56. The second kappa shape index (κ2) is 8.64. The normalized spacial score (nSPS) is 10.5. The molecule has 3 aromatic rings. The Morgan fingerprint density at radius 3 is 2.52 bits per heavy atom. The number of nitrogens with one attached hydrogen (secondary N) is 2. The van der Waals surface area contributed by atoms with Crippen LogP contribution in [0.1, 0.15) is 34.1 Å². The van der Waals surface area contributed by atoms with Crippen LogP contribution in [0.4, 0.5) is 11.5 Å². The van der Waals surface area contributed by atoms with Crippen molar-refractivity contribution in [3.8, 4) is 0 Å². The highest BCUT2D eigenvalue weighted by atomic mass is 35.5. The fraction of sp³-hybridized carbons (Fsp3) is 0.190. The first-order chi connectivity index (χ1) is 13.1. The number of amides is 1. The van der Waals surface area contributed by atoms with Gasteiger partial charge in [-0.05, 0) is 42.2 Å². The molecule has 0 unspecified atom stereocenters. The van der Waals surface area contributed by atoms with E-state index in [9.17, 15) is 4.79 Å². The fourth-order valence-electron chi connectivity index (χ4n) is 2.72. The molecule has 138 valence electrons. The van der Waals surface area contributed by atoms with E-state index >= 15 is 0 Å². The van der Waals surface area contributed by atoms with Crippen molar-refractivity contribution in [1.29, 1.82) is 0 Å². The molecule has 0 fully saturated rings. The van der Waals surface area contributed by atoms with Crippen LogP contribution in [-0.2, 0) is 13.0 Å². The Morgan fingerprint density at radius 2 is 1.85 bits per heavy atom. The Hall–Kier alpha value is -2.92. The predicted molar refractivity (Wildman–Crippen MR) is 108 cm³/mol. The number of rotatable bonds is 6. The molecule has 6 heteroatoms. The van der Waals surface area contributed by atoms with Crippen LogP contribution < -0.4 is 10.6 Å². The lowest BCUT2D eigenvalue weighted by Crippen LogP contribution is -2.24. The molecule has 1 heterocycles. The van der Waals surface area contributed by atoms with Crippen LogP contribution in [0.25, 0.3) is 0 Å². The first kappa shape index (κ1) is 18.9. The van der Waals surface area contributed by atoms with Gasteiger partial charge in [-0.25, -0.2) is 9.97 Å². The number of carbonyl (C=O) groups excluding carboxylic acids is 1. The number of para-hydroxylation sites is 1. The number of carbonyl (C=O) groups is 1. The largest absolute Gasteiger partial charge is 0.347 e. The number of hydrogen-bond acceptors (Lipinski definition) is 4. The third-order valence-corrected chi connectivity index (χ3v) is 4.50. The summed E-state index contributed by atoms with van der Waals surface area (Å²) < 4.78 is 0. The Balaban J connectivity index is 1.64. The molecule has 1 aromatic heterocycles. The first-order valence-corrected chi connectivity index (χ1v) is 9.15. The second-order valence-electron chi connectivity index (χ2n) is 6.18. The maximum Gasteiger partial charge on any atom is 0.271 e. The summed E-state index contributed by atoms with van der Waals surface area (Å²) in [5, 5.41) is 6.80. The van der Waals surface area contributed by atoms with Gasteiger partial charge in [0.25, 0.3) is 5.91 Å². The number of halogens is 1. The molecule has 3 rings (SSSR count). The van der Waals surface area contributed by atoms with Gasteiger partial charge in [-0.1, -0.05) is 48.9 Å². The quantitative estimate of drug-likeness (QED) is 0.651. The summed E-state index contributed by atoms with van der Waals surface area (Å²) in [6.07, 6.45) is 3.97. The summed E-state index contributed by atoms with van der Waals surface area (Å²) in [4.78, 5) is 20.8. The van der Waals surface area contributed by atoms with Crippen LogP contribution in [0.15, 0.2) is 54.9 Å². The topological polar surface area (TPSA) is 66.9 Å². The van der Waals surface area contributed by atoms with E-state index in [2.05, 4.69) is 33.6 Å². The highest BCUT2D eigenvalue weighted by molar-refractivity contribution is 6.30. The zero-order valence-corrected chi connectivity index (χ0v) is 16.0. The van der Waals surface area contributed by atoms with Crippen molar-refractivity contribution in [3.63, 3.8) is 0 Å². The van der Waals surface area contributed by atoms with Gasteiger partial charge in [0.15, 0.2) is 0 Å². The lowest BCUT2D eigenvalue weighted by molar-refractivity contribution is 0.0945. The number of benzene rings is 2. The molecule has 2 aromatic carbocycles. The van der Waals surface area contributed by atoms with E-state index in [0.29, 0.717) is 17.4 Å². The van der Waals surface area contributed by atoms with E-state index in [1.54, 1.807) is 18.3 Å². The molecule has 0 bridgehead atoms. The van der Waals surface area contributed by atoms with Gasteiger partial charge in [-0.15, -0.1) is 0 Å². The summed E-state index contributed by atoms with van der Waals surface area (Å²) in [5.74, 6) is 0.336. The van der Waals surface area contributed by atoms with Crippen LogP contribution in [0.3, 0.4) is 0 Å². The van der Waals surface area contributed by atoms with E-state index in [4.69, 9.17) is 11.6 Å². The van der Waals surface area contributed by atoms with Crippen molar-refractivity contribution in [2.45, 2.75) is 26.8 Å². The minimum Gasteiger partial charge on any atom is -0.347 e. The number of aryl methyl sites for hydroxylation is 2. The number of nitrogens with zero attached hydrogens (tertiary/aromatic N) is 2. The highest BCUT2D eigenvalue weighted by Crippen LogP contribution is 2.24. The summed E-state index contributed by atoms with van der Waals surface area (Å²) in [6, 6.07) is 13.5. The maximum absolute atomic E-state index is 12.2. The molecule has 0 atom stereocenters. The summed E-state index contributed by atoms with van der Waals surface area (Å²) >= 11 is 5.86. The molecule has 2 N–H and O–H groups in total. The Bertz CT molecular complexity index is 924. The van der Waals surface area contributed by atoms with E-state index in [1.807, 2.05) is 31.2 Å². The molecule has 0 saturated heterocycles. The van der Waals surface area contributed by atoms with E-state index in [1.165, 1.54) is 11.8 Å². The van der Waals surface area contributed by atoms with E-state index in [-0.39, 0.29) is 11.6 Å². The molecule has 27 heavy (non-hydrogen) atoms. The van der Waals surface area contributed by atoms with Gasteiger partial charge in [0.1, 0.15) is 11.5 Å². The minimum absolute atomic E-state index is 0.269. The van der Waals surface area contributed by atoms with Crippen LogP contribution in [0, 0.1) is 6.92 Å². The molecular weight excluding hydrogens is 360 g/mol. The number of anilines is 2. The van der Waals surface area contributed by atoms with Gasteiger partial charge in [-0.2, -0.15) is 0 Å². The maximum atomic E-state index is 12.2. The molecule has 0 aliphatic heterocycles. The number of aromatic nitrogens is 2. The van der Waals surface area contributed by atoms with Gasteiger partial charge < -0.3 is 10.6 Å². The van der Waals surface area contributed by atoms with Crippen LogP contribution in [-0.4, -0.2) is 15.9 Å². The van der Waals surface area contributed by atoms with Gasteiger partial charge >= 0.3 is 0 Å².